The molecule has 2 aromatic heterocycles. The van der Waals surface area contributed by atoms with Gasteiger partial charge in [-0.2, -0.15) is 0 Å². The Kier molecular flexibility index (Phi) is 6.87. The predicted octanol–water partition coefficient (Wildman–Crippen LogP) is 2.76. The molecule has 7 nitrogen and oxygen atoms in total. The van der Waals surface area contributed by atoms with Gasteiger partial charge in [-0.05, 0) is 43.5 Å². The highest BCUT2D eigenvalue weighted by atomic mass is 127. The van der Waals surface area contributed by atoms with Gasteiger partial charge >= 0.3 is 0 Å². The van der Waals surface area contributed by atoms with Gasteiger partial charge in [-0.3, -0.25) is 0 Å². The Morgan fingerprint density at radius 2 is 2.21 bits per heavy atom. The number of fused-ring (bicyclic) bond motifs is 2. The third-order valence-corrected chi connectivity index (χ3v) is 4.83. The molecule has 0 fully saturated rings. The smallest absolute Gasteiger partial charge is 0.191 e. The Bertz CT molecular complexity index is 963. The van der Waals surface area contributed by atoms with E-state index in [0.717, 1.165) is 73.0 Å². The highest BCUT2D eigenvalue weighted by molar-refractivity contribution is 14.0. The number of benzene rings is 1. The number of aromatic nitrogens is 4. The van der Waals surface area contributed by atoms with Crippen molar-refractivity contribution in [2.24, 2.45) is 4.99 Å². The molecular weight excluding hydrogens is 472 g/mol. The molecule has 0 amide bonds. The summed E-state index contributed by atoms with van der Waals surface area (Å²) in [6, 6.07) is 4.84. The lowest BCUT2D eigenvalue weighted by Gasteiger charge is -2.11. The highest BCUT2D eigenvalue weighted by Gasteiger charge is 2.16. The summed E-state index contributed by atoms with van der Waals surface area (Å²) in [7, 11) is 0. The second-order valence-electron chi connectivity index (χ2n) is 6.66. The van der Waals surface area contributed by atoms with Crippen LogP contribution in [-0.4, -0.2) is 38.8 Å². The summed E-state index contributed by atoms with van der Waals surface area (Å²) < 4.78 is 15.5. The summed E-state index contributed by atoms with van der Waals surface area (Å²) in [4.78, 5) is 7.77. The van der Waals surface area contributed by atoms with Crippen LogP contribution in [-0.2, 0) is 25.9 Å². The van der Waals surface area contributed by atoms with E-state index >= 15 is 0 Å². The first-order valence-electron chi connectivity index (χ1n) is 9.43. The third-order valence-electron chi connectivity index (χ3n) is 4.83. The van der Waals surface area contributed by atoms with Crippen molar-refractivity contribution < 1.29 is 4.39 Å². The standard InChI is InChI=1S/C19H24FN7.HI/c1-2-21-19(24-12-18-26-25-17-4-3-9-27(17)18)22-8-7-13-11-23-16-10-14(20)5-6-15(13)16;/h5-6,10-11,23H,2-4,7-9,12H2,1H3,(H2,21,22,24);1H. The minimum atomic E-state index is -0.226. The number of guanidine groups is 1. The van der Waals surface area contributed by atoms with Crippen LogP contribution in [0.25, 0.3) is 10.9 Å². The third kappa shape index (κ3) is 4.45. The monoisotopic (exact) mass is 497 g/mol. The van der Waals surface area contributed by atoms with E-state index in [1.165, 1.54) is 12.1 Å². The molecule has 0 bridgehead atoms. The molecule has 0 saturated carbocycles. The van der Waals surface area contributed by atoms with Crippen molar-refractivity contribution in [3.63, 3.8) is 0 Å². The summed E-state index contributed by atoms with van der Waals surface area (Å²) in [5.74, 6) is 2.52. The highest BCUT2D eigenvalue weighted by Crippen LogP contribution is 2.19. The van der Waals surface area contributed by atoms with E-state index in [0.29, 0.717) is 6.54 Å². The molecule has 3 N–H and O–H groups in total. The Balaban J connectivity index is 0.00000225. The molecule has 0 radical (unpaired) electrons. The van der Waals surface area contributed by atoms with Crippen LogP contribution in [0.1, 0.15) is 30.6 Å². The van der Waals surface area contributed by atoms with E-state index < -0.39 is 0 Å². The van der Waals surface area contributed by atoms with Crippen molar-refractivity contribution in [2.45, 2.75) is 39.3 Å². The van der Waals surface area contributed by atoms with Gasteiger partial charge in [0.1, 0.15) is 18.2 Å². The van der Waals surface area contributed by atoms with Gasteiger partial charge < -0.3 is 20.2 Å². The molecule has 3 heterocycles. The number of aromatic amines is 1. The van der Waals surface area contributed by atoms with Crippen molar-refractivity contribution in [2.75, 3.05) is 13.1 Å². The molecular formula is C19H25FIN7. The first-order chi connectivity index (χ1) is 13.2. The Hall–Kier alpha value is -2.17. The first-order valence-corrected chi connectivity index (χ1v) is 9.43. The van der Waals surface area contributed by atoms with Gasteiger partial charge in [0.25, 0.3) is 0 Å². The lowest BCUT2D eigenvalue weighted by molar-refractivity contribution is 0.629. The molecule has 3 aromatic rings. The quantitative estimate of drug-likeness (QED) is 0.278. The van der Waals surface area contributed by atoms with E-state index in [9.17, 15) is 4.39 Å². The summed E-state index contributed by atoms with van der Waals surface area (Å²) >= 11 is 0. The van der Waals surface area contributed by atoms with Crippen LogP contribution in [0.5, 0.6) is 0 Å². The van der Waals surface area contributed by atoms with Crippen molar-refractivity contribution in [1.82, 2.24) is 30.4 Å². The molecule has 150 valence electrons. The zero-order chi connectivity index (χ0) is 18.6. The summed E-state index contributed by atoms with van der Waals surface area (Å²) in [5, 5.41) is 16.1. The molecule has 9 heteroatoms. The maximum Gasteiger partial charge on any atom is 0.191 e. The van der Waals surface area contributed by atoms with Crippen molar-refractivity contribution in [3.8, 4) is 0 Å². The minimum Gasteiger partial charge on any atom is -0.361 e. The van der Waals surface area contributed by atoms with Gasteiger partial charge in [-0.1, -0.05) is 0 Å². The fraction of sp³-hybridized carbons (Fsp3) is 0.421. The second kappa shape index (κ2) is 9.35. The summed E-state index contributed by atoms with van der Waals surface area (Å²) in [6.07, 6.45) is 4.89. The molecule has 0 spiro atoms. The number of halogens is 2. The Morgan fingerprint density at radius 3 is 3.07 bits per heavy atom. The largest absolute Gasteiger partial charge is 0.361 e. The number of aliphatic imine (C=N–C) groups is 1. The first kappa shape index (κ1) is 20.6. The average molecular weight is 497 g/mol. The molecule has 0 unspecified atom stereocenters. The van der Waals surface area contributed by atoms with E-state index in [1.54, 1.807) is 0 Å². The minimum absolute atomic E-state index is 0. The molecule has 4 rings (SSSR count). The fourth-order valence-electron chi connectivity index (χ4n) is 3.50. The average Bonchev–Trinajstić information content (AvgIpc) is 3.36. The lowest BCUT2D eigenvalue weighted by atomic mass is 10.1. The normalized spacial score (nSPS) is 13.4. The van der Waals surface area contributed by atoms with Crippen LogP contribution in [0.4, 0.5) is 4.39 Å². The topological polar surface area (TPSA) is 82.9 Å². The number of rotatable bonds is 6. The molecule has 0 aliphatic carbocycles. The zero-order valence-corrected chi connectivity index (χ0v) is 18.2. The number of hydrogen-bond donors (Lipinski definition) is 3. The molecule has 28 heavy (non-hydrogen) atoms. The van der Waals surface area contributed by atoms with Gasteiger partial charge in [0.05, 0.1) is 0 Å². The van der Waals surface area contributed by atoms with E-state index in [-0.39, 0.29) is 29.8 Å². The molecule has 0 saturated heterocycles. The maximum absolute atomic E-state index is 13.3. The lowest BCUT2D eigenvalue weighted by Crippen LogP contribution is -2.38. The van der Waals surface area contributed by atoms with Gasteiger partial charge in [0.2, 0.25) is 0 Å². The summed E-state index contributed by atoms with van der Waals surface area (Å²) in [6.45, 7) is 5.05. The number of nitrogens with one attached hydrogen (secondary N) is 3. The van der Waals surface area contributed by atoms with Crippen LogP contribution in [0, 0.1) is 5.82 Å². The Labute approximate surface area is 180 Å². The number of nitrogens with zero attached hydrogens (tertiary/aromatic N) is 4. The molecule has 0 atom stereocenters. The van der Waals surface area contributed by atoms with E-state index in [1.807, 2.05) is 19.2 Å². The van der Waals surface area contributed by atoms with Gasteiger partial charge in [-0.25, -0.2) is 9.38 Å². The van der Waals surface area contributed by atoms with Gasteiger partial charge in [0, 0.05) is 43.2 Å². The van der Waals surface area contributed by atoms with E-state index in [2.05, 4.69) is 35.4 Å². The van der Waals surface area contributed by atoms with Crippen molar-refractivity contribution in [1.29, 1.82) is 0 Å². The molecule has 1 aliphatic rings. The SMILES string of the molecule is CCNC(=NCc1nnc2n1CCC2)NCCc1c[nH]c2cc(F)ccc12.I. The van der Waals surface area contributed by atoms with Crippen molar-refractivity contribution in [3.05, 3.63) is 47.4 Å². The number of aryl methyl sites for hydroxylation is 1. The molecule has 1 aromatic carbocycles. The van der Waals surface area contributed by atoms with Gasteiger partial charge in [-0.15, -0.1) is 34.2 Å². The van der Waals surface area contributed by atoms with Crippen LogP contribution in [0.2, 0.25) is 0 Å². The number of H-pyrrole nitrogens is 1. The zero-order valence-electron chi connectivity index (χ0n) is 15.8. The Morgan fingerprint density at radius 1 is 1.32 bits per heavy atom. The predicted molar refractivity (Wildman–Crippen MR) is 119 cm³/mol. The van der Waals surface area contributed by atoms with Crippen molar-refractivity contribution >= 4 is 40.8 Å². The van der Waals surface area contributed by atoms with E-state index in [4.69, 9.17) is 0 Å². The maximum atomic E-state index is 13.3. The number of hydrogen-bond acceptors (Lipinski definition) is 3. The van der Waals surface area contributed by atoms with Crippen LogP contribution in [0.3, 0.4) is 0 Å². The fourth-order valence-corrected chi connectivity index (χ4v) is 3.50. The van der Waals surface area contributed by atoms with Gasteiger partial charge in [0.15, 0.2) is 11.8 Å². The van der Waals surface area contributed by atoms with Crippen LogP contribution >= 0.6 is 24.0 Å². The molecule has 1 aliphatic heterocycles. The second-order valence-corrected chi connectivity index (χ2v) is 6.66. The van der Waals surface area contributed by atoms with Crippen LogP contribution < -0.4 is 10.6 Å². The summed E-state index contributed by atoms with van der Waals surface area (Å²) in [5.41, 5.74) is 1.98. The van der Waals surface area contributed by atoms with Crippen LogP contribution in [0.15, 0.2) is 29.4 Å².